The summed E-state index contributed by atoms with van der Waals surface area (Å²) < 4.78 is 0. The summed E-state index contributed by atoms with van der Waals surface area (Å²) >= 11 is 0. The van der Waals surface area contributed by atoms with Gasteiger partial charge in [0.05, 0.1) is 19.2 Å². The van der Waals surface area contributed by atoms with Crippen molar-refractivity contribution in [2.75, 3.05) is 13.2 Å². The van der Waals surface area contributed by atoms with Crippen LogP contribution in [-0.4, -0.2) is 36.1 Å². The maximum Gasteiger partial charge on any atom is 0.239 e. The molecule has 0 saturated carbocycles. The van der Waals surface area contributed by atoms with E-state index in [2.05, 4.69) is 10.6 Å². The number of hydrogen-bond acceptors (Lipinski definition) is 3. The Morgan fingerprint density at radius 2 is 1.90 bits per heavy atom. The molecule has 110 valence electrons. The molecular formula is C15H22N2O3. The third kappa shape index (κ3) is 6.33. The van der Waals surface area contributed by atoms with Crippen LogP contribution < -0.4 is 10.6 Å². The summed E-state index contributed by atoms with van der Waals surface area (Å²) in [7, 11) is 0. The topological polar surface area (TPSA) is 78.4 Å². The number of carbonyl (C=O) groups excluding carboxylic acids is 2. The van der Waals surface area contributed by atoms with Gasteiger partial charge in [-0.05, 0) is 18.4 Å². The highest BCUT2D eigenvalue weighted by Gasteiger charge is 2.12. The van der Waals surface area contributed by atoms with Crippen molar-refractivity contribution in [2.45, 2.75) is 32.2 Å². The van der Waals surface area contributed by atoms with Crippen LogP contribution in [0.4, 0.5) is 0 Å². The number of aliphatic hydroxyl groups is 1. The van der Waals surface area contributed by atoms with Crippen molar-refractivity contribution in [1.82, 2.24) is 10.6 Å². The van der Waals surface area contributed by atoms with Gasteiger partial charge in [-0.25, -0.2) is 0 Å². The third-order valence-corrected chi connectivity index (χ3v) is 2.83. The molecule has 2 amide bonds. The number of amides is 2. The van der Waals surface area contributed by atoms with Crippen molar-refractivity contribution < 1.29 is 14.7 Å². The molecule has 1 aromatic rings. The van der Waals surface area contributed by atoms with Gasteiger partial charge >= 0.3 is 0 Å². The number of nitrogens with one attached hydrogen (secondary N) is 2. The lowest BCUT2D eigenvalue weighted by molar-refractivity contribution is -0.126. The summed E-state index contributed by atoms with van der Waals surface area (Å²) in [5.74, 6) is -0.421. The number of benzene rings is 1. The van der Waals surface area contributed by atoms with Crippen molar-refractivity contribution in [3.63, 3.8) is 0 Å². The molecule has 1 rings (SSSR count). The molecule has 5 nitrogen and oxygen atoms in total. The molecule has 0 aliphatic rings. The Balaban J connectivity index is 2.36. The number of carbonyl (C=O) groups is 2. The average molecular weight is 278 g/mol. The number of hydrogen-bond donors (Lipinski definition) is 3. The zero-order valence-corrected chi connectivity index (χ0v) is 11.8. The van der Waals surface area contributed by atoms with Gasteiger partial charge in [0, 0.05) is 6.42 Å². The average Bonchev–Trinajstić information content (AvgIpc) is 2.46. The molecule has 0 heterocycles. The van der Waals surface area contributed by atoms with Gasteiger partial charge in [-0.3, -0.25) is 9.59 Å². The largest absolute Gasteiger partial charge is 0.394 e. The lowest BCUT2D eigenvalue weighted by Crippen LogP contribution is -2.44. The summed E-state index contributed by atoms with van der Waals surface area (Å²) in [5.41, 5.74) is 1.04. The van der Waals surface area contributed by atoms with Crippen LogP contribution in [0, 0.1) is 0 Å². The molecular weight excluding hydrogens is 256 g/mol. The fourth-order valence-electron chi connectivity index (χ4n) is 1.83. The number of aliphatic hydroxyl groups excluding tert-OH is 1. The van der Waals surface area contributed by atoms with Gasteiger partial charge in [0.1, 0.15) is 0 Å². The predicted octanol–water partition coefficient (Wildman–Crippen LogP) is 0.623. The lowest BCUT2D eigenvalue weighted by atomic mass is 10.1. The molecule has 0 fully saturated rings. The maximum absolute atomic E-state index is 11.7. The molecule has 0 radical (unpaired) electrons. The van der Waals surface area contributed by atoms with Crippen LogP contribution in [0.15, 0.2) is 30.3 Å². The van der Waals surface area contributed by atoms with E-state index in [9.17, 15) is 14.7 Å². The molecule has 0 aliphatic heterocycles. The normalized spacial score (nSPS) is 11.7. The van der Waals surface area contributed by atoms with E-state index in [0.717, 1.165) is 12.0 Å². The van der Waals surface area contributed by atoms with E-state index >= 15 is 0 Å². The first kappa shape index (κ1) is 16.2. The van der Waals surface area contributed by atoms with Gasteiger partial charge < -0.3 is 15.7 Å². The highest BCUT2D eigenvalue weighted by Crippen LogP contribution is 2.02. The molecule has 3 N–H and O–H groups in total. The van der Waals surface area contributed by atoms with E-state index in [1.54, 1.807) is 0 Å². The van der Waals surface area contributed by atoms with Crippen molar-refractivity contribution in [3.8, 4) is 0 Å². The molecule has 1 unspecified atom stereocenters. The summed E-state index contributed by atoms with van der Waals surface area (Å²) in [4.78, 5) is 22.9. The minimum atomic E-state index is -0.340. The van der Waals surface area contributed by atoms with Gasteiger partial charge in [0.2, 0.25) is 11.8 Å². The lowest BCUT2D eigenvalue weighted by Gasteiger charge is -2.16. The Hall–Kier alpha value is -1.88. The molecule has 1 atom stereocenters. The molecule has 0 bridgehead atoms. The van der Waals surface area contributed by atoms with Crippen LogP contribution in [0.2, 0.25) is 0 Å². The molecule has 5 heteroatoms. The zero-order valence-electron chi connectivity index (χ0n) is 11.8. The summed E-state index contributed by atoms with van der Waals surface area (Å²) in [6.45, 7) is 1.72. The van der Waals surface area contributed by atoms with Crippen molar-refractivity contribution in [1.29, 1.82) is 0 Å². The van der Waals surface area contributed by atoms with E-state index in [1.807, 2.05) is 37.3 Å². The Bertz CT molecular complexity index is 420. The van der Waals surface area contributed by atoms with Gasteiger partial charge in [0.15, 0.2) is 0 Å². The van der Waals surface area contributed by atoms with Crippen LogP contribution in [0.1, 0.15) is 25.3 Å². The van der Waals surface area contributed by atoms with Crippen molar-refractivity contribution in [2.24, 2.45) is 0 Å². The van der Waals surface area contributed by atoms with Crippen LogP contribution in [0.5, 0.6) is 0 Å². The van der Waals surface area contributed by atoms with Gasteiger partial charge in [0.25, 0.3) is 0 Å². The highest BCUT2D eigenvalue weighted by atomic mass is 16.3. The van der Waals surface area contributed by atoms with Crippen molar-refractivity contribution in [3.05, 3.63) is 35.9 Å². The smallest absolute Gasteiger partial charge is 0.239 e. The fraction of sp³-hybridized carbons (Fsp3) is 0.467. The van der Waals surface area contributed by atoms with E-state index in [4.69, 9.17) is 0 Å². The first-order valence-corrected chi connectivity index (χ1v) is 6.86. The van der Waals surface area contributed by atoms with Crippen LogP contribution in [0.3, 0.4) is 0 Å². The minimum absolute atomic E-state index is 0.0515. The number of rotatable bonds is 8. The minimum Gasteiger partial charge on any atom is -0.394 e. The molecule has 0 spiro atoms. The van der Waals surface area contributed by atoms with Gasteiger partial charge in [-0.1, -0.05) is 37.3 Å². The monoisotopic (exact) mass is 278 g/mol. The van der Waals surface area contributed by atoms with Gasteiger partial charge in [-0.2, -0.15) is 0 Å². The molecule has 20 heavy (non-hydrogen) atoms. The Labute approximate surface area is 119 Å². The molecule has 0 aliphatic carbocycles. The van der Waals surface area contributed by atoms with E-state index in [0.29, 0.717) is 12.8 Å². The van der Waals surface area contributed by atoms with Crippen LogP contribution >= 0.6 is 0 Å². The maximum atomic E-state index is 11.7. The Morgan fingerprint density at radius 3 is 2.50 bits per heavy atom. The van der Waals surface area contributed by atoms with E-state index in [-0.39, 0.29) is 31.0 Å². The van der Waals surface area contributed by atoms with Gasteiger partial charge in [-0.15, -0.1) is 0 Å². The standard InChI is InChI=1S/C15H22N2O3/c1-2-6-14(19)16-10-15(20)17-13(11-18)9-12-7-4-3-5-8-12/h3-5,7-8,13,18H,2,6,9-11H2,1H3,(H,16,19)(H,17,20). The second-order valence-corrected chi connectivity index (χ2v) is 4.66. The quantitative estimate of drug-likeness (QED) is 0.652. The Morgan fingerprint density at radius 1 is 1.20 bits per heavy atom. The van der Waals surface area contributed by atoms with E-state index < -0.39 is 0 Å². The first-order valence-electron chi connectivity index (χ1n) is 6.86. The second-order valence-electron chi connectivity index (χ2n) is 4.66. The second kappa shape index (κ2) is 9.09. The van der Waals surface area contributed by atoms with Crippen LogP contribution in [-0.2, 0) is 16.0 Å². The zero-order chi connectivity index (χ0) is 14.8. The SMILES string of the molecule is CCCC(=O)NCC(=O)NC(CO)Cc1ccccc1. The van der Waals surface area contributed by atoms with Crippen molar-refractivity contribution >= 4 is 11.8 Å². The van der Waals surface area contributed by atoms with Crippen LogP contribution in [0.25, 0.3) is 0 Å². The Kier molecular flexibility index (Phi) is 7.35. The first-order chi connectivity index (χ1) is 9.65. The summed E-state index contributed by atoms with van der Waals surface area (Å²) in [6, 6.07) is 9.29. The highest BCUT2D eigenvalue weighted by molar-refractivity contribution is 5.84. The summed E-state index contributed by atoms with van der Waals surface area (Å²) in [6.07, 6.45) is 1.73. The molecule has 0 saturated heterocycles. The van der Waals surface area contributed by atoms with E-state index in [1.165, 1.54) is 0 Å². The predicted molar refractivity (Wildman–Crippen MR) is 77.1 cm³/mol. The summed E-state index contributed by atoms with van der Waals surface area (Å²) in [5, 5.41) is 14.5. The molecule has 1 aromatic carbocycles. The molecule has 0 aromatic heterocycles. The fourth-order valence-corrected chi connectivity index (χ4v) is 1.83. The third-order valence-electron chi connectivity index (χ3n) is 2.83.